The SMILES string of the molecule is CC(C)C1=CC(N)C=CC1. The van der Waals surface area contributed by atoms with Crippen molar-refractivity contribution in [3.63, 3.8) is 0 Å². The number of allylic oxidation sites excluding steroid dienone is 2. The third-order valence-corrected chi connectivity index (χ3v) is 1.86. The van der Waals surface area contributed by atoms with E-state index in [-0.39, 0.29) is 6.04 Å². The summed E-state index contributed by atoms with van der Waals surface area (Å²) in [5, 5.41) is 0. The van der Waals surface area contributed by atoms with Crippen molar-refractivity contribution in [1.29, 1.82) is 0 Å². The standard InChI is InChI=1S/C9H15N/c1-7(2)8-4-3-5-9(10)6-8/h3,5-7,9H,4,10H2,1-2H3. The van der Waals surface area contributed by atoms with Gasteiger partial charge >= 0.3 is 0 Å². The fourth-order valence-corrected chi connectivity index (χ4v) is 1.16. The zero-order valence-corrected chi connectivity index (χ0v) is 6.67. The molecule has 0 aromatic heterocycles. The summed E-state index contributed by atoms with van der Waals surface area (Å²) in [6.45, 7) is 4.41. The van der Waals surface area contributed by atoms with Gasteiger partial charge < -0.3 is 5.73 Å². The largest absolute Gasteiger partial charge is 0.321 e. The molecule has 10 heavy (non-hydrogen) atoms. The number of hydrogen-bond donors (Lipinski definition) is 1. The van der Waals surface area contributed by atoms with Gasteiger partial charge in [-0.2, -0.15) is 0 Å². The summed E-state index contributed by atoms with van der Waals surface area (Å²) in [6, 6.07) is 0.158. The Labute approximate surface area is 62.6 Å². The third kappa shape index (κ3) is 1.71. The molecule has 0 aliphatic heterocycles. The van der Waals surface area contributed by atoms with Crippen LogP contribution in [0.2, 0.25) is 0 Å². The molecule has 56 valence electrons. The molecule has 1 aliphatic rings. The number of nitrogens with two attached hydrogens (primary N) is 1. The molecule has 0 fully saturated rings. The van der Waals surface area contributed by atoms with Gasteiger partial charge in [0, 0.05) is 6.04 Å². The van der Waals surface area contributed by atoms with Crippen molar-refractivity contribution >= 4 is 0 Å². The van der Waals surface area contributed by atoms with E-state index in [4.69, 9.17) is 5.73 Å². The summed E-state index contributed by atoms with van der Waals surface area (Å²) in [6.07, 6.45) is 7.45. The zero-order chi connectivity index (χ0) is 7.56. The number of hydrogen-bond acceptors (Lipinski definition) is 1. The lowest BCUT2D eigenvalue weighted by Gasteiger charge is -2.15. The van der Waals surface area contributed by atoms with Crippen molar-refractivity contribution in [1.82, 2.24) is 0 Å². The molecule has 0 bridgehead atoms. The van der Waals surface area contributed by atoms with Crippen molar-refractivity contribution in [3.8, 4) is 0 Å². The Hall–Kier alpha value is -0.560. The van der Waals surface area contributed by atoms with Gasteiger partial charge in [-0.25, -0.2) is 0 Å². The molecule has 2 N–H and O–H groups in total. The lowest BCUT2D eigenvalue weighted by Crippen LogP contribution is -2.17. The van der Waals surface area contributed by atoms with E-state index >= 15 is 0 Å². The minimum atomic E-state index is 0.158. The molecule has 1 heteroatoms. The molecule has 1 nitrogen and oxygen atoms in total. The van der Waals surface area contributed by atoms with E-state index in [1.807, 2.05) is 6.08 Å². The highest BCUT2D eigenvalue weighted by Crippen LogP contribution is 2.18. The van der Waals surface area contributed by atoms with Crippen molar-refractivity contribution in [2.24, 2.45) is 11.7 Å². The Balaban J connectivity index is 2.62. The van der Waals surface area contributed by atoms with Crippen LogP contribution in [-0.2, 0) is 0 Å². The molecule has 0 heterocycles. The molecule has 0 saturated carbocycles. The Kier molecular flexibility index (Phi) is 2.28. The summed E-state index contributed by atoms with van der Waals surface area (Å²) in [5.41, 5.74) is 7.17. The molecular formula is C9H15N. The molecule has 1 unspecified atom stereocenters. The first-order chi connectivity index (χ1) is 4.70. The Bertz CT molecular complexity index is 166. The molecule has 1 aliphatic carbocycles. The van der Waals surface area contributed by atoms with E-state index in [2.05, 4.69) is 26.0 Å². The van der Waals surface area contributed by atoms with Gasteiger partial charge in [0.1, 0.15) is 0 Å². The van der Waals surface area contributed by atoms with Gasteiger partial charge in [-0.15, -0.1) is 0 Å². The predicted octanol–water partition coefficient (Wildman–Crippen LogP) is 1.86. The van der Waals surface area contributed by atoms with Crippen LogP contribution in [0.1, 0.15) is 20.3 Å². The van der Waals surface area contributed by atoms with Gasteiger partial charge in [-0.1, -0.05) is 37.6 Å². The van der Waals surface area contributed by atoms with Crippen LogP contribution >= 0.6 is 0 Å². The summed E-state index contributed by atoms with van der Waals surface area (Å²) in [7, 11) is 0. The van der Waals surface area contributed by atoms with E-state index < -0.39 is 0 Å². The highest BCUT2D eigenvalue weighted by molar-refractivity contribution is 5.21. The lowest BCUT2D eigenvalue weighted by atomic mass is 9.94. The normalized spacial score (nSPS) is 25.2. The Morgan fingerprint density at radius 1 is 1.60 bits per heavy atom. The second-order valence-electron chi connectivity index (χ2n) is 3.11. The quantitative estimate of drug-likeness (QED) is 0.548. The Morgan fingerprint density at radius 3 is 2.70 bits per heavy atom. The van der Waals surface area contributed by atoms with Crippen molar-refractivity contribution in [2.75, 3.05) is 0 Å². The molecule has 0 aromatic rings. The second kappa shape index (κ2) is 3.02. The van der Waals surface area contributed by atoms with Gasteiger partial charge in [-0.3, -0.25) is 0 Å². The average Bonchev–Trinajstić information content (AvgIpc) is 1.88. The van der Waals surface area contributed by atoms with E-state index in [1.165, 1.54) is 5.57 Å². The minimum absolute atomic E-state index is 0.158. The molecule has 0 aromatic carbocycles. The maximum Gasteiger partial charge on any atom is 0.0413 e. The first kappa shape index (κ1) is 7.55. The van der Waals surface area contributed by atoms with Crippen LogP contribution < -0.4 is 5.73 Å². The monoisotopic (exact) mass is 137 g/mol. The maximum atomic E-state index is 5.70. The zero-order valence-electron chi connectivity index (χ0n) is 6.67. The van der Waals surface area contributed by atoms with Crippen LogP contribution in [0.4, 0.5) is 0 Å². The summed E-state index contributed by atoms with van der Waals surface area (Å²) in [5.74, 6) is 0.649. The topological polar surface area (TPSA) is 26.0 Å². The summed E-state index contributed by atoms with van der Waals surface area (Å²) >= 11 is 0. The molecule has 0 amide bonds. The Morgan fingerprint density at radius 2 is 2.30 bits per heavy atom. The van der Waals surface area contributed by atoms with E-state index in [0.29, 0.717) is 5.92 Å². The highest BCUT2D eigenvalue weighted by Gasteiger charge is 2.06. The first-order valence-corrected chi connectivity index (χ1v) is 3.83. The van der Waals surface area contributed by atoms with Crippen molar-refractivity contribution < 1.29 is 0 Å². The highest BCUT2D eigenvalue weighted by atomic mass is 14.6. The molecule has 0 spiro atoms. The van der Waals surface area contributed by atoms with Crippen molar-refractivity contribution in [3.05, 3.63) is 23.8 Å². The van der Waals surface area contributed by atoms with E-state index in [9.17, 15) is 0 Å². The van der Waals surface area contributed by atoms with Crippen LogP contribution in [0.5, 0.6) is 0 Å². The smallest absolute Gasteiger partial charge is 0.0413 e. The van der Waals surface area contributed by atoms with Gasteiger partial charge in [0.05, 0.1) is 0 Å². The molecular weight excluding hydrogens is 122 g/mol. The second-order valence-corrected chi connectivity index (χ2v) is 3.11. The molecule has 0 saturated heterocycles. The van der Waals surface area contributed by atoms with E-state index in [0.717, 1.165) is 6.42 Å². The van der Waals surface area contributed by atoms with Crippen LogP contribution in [0.3, 0.4) is 0 Å². The van der Waals surface area contributed by atoms with Gasteiger partial charge in [-0.05, 0) is 12.3 Å². The minimum Gasteiger partial charge on any atom is -0.321 e. The average molecular weight is 137 g/mol. The van der Waals surface area contributed by atoms with Gasteiger partial charge in [0.25, 0.3) is 0 Å². The lowest BCUT2D eigenvalue weighted by molar-refractivity contribution is 0.727. The number of rotatable bonds is 1. The maximum absolute atomic E-state index is 5.70. The summed E-state index contributed by atoms with van der Waals surface area (Å²) < 4.78 is 0. The van der Waals surface area contributed by atoms with Crippen LogP contribution in [-0.4, -0.2) is 6.04 Å². The molecule has 0 radical (unpaired) electrons. The molecule has 1 rings (SSSR count). The predicted molar refractivity (Wildman–Crippen MR) is 44.7 cm³/mol. The summed E-state index contributed by atoms with van der Waals surface area (Å²) in [4.78, 5) is 0. The fourth-order valence-electron chi connectivity index (χ4n) is 1.16. The van der Waals surface area contributed by atoms with Crippen LogP contribution in [0.15, 0.2) is 23.8 Å². The van der Waals surface area contributed by atoms with Crippen LogP contribution in [0.25, 0.3) is 0 Å². The van der Waals surface area contributed by atoms with E-state index in [1.54, 1.807) is 0 Å². The van der Waals surface area contributed by atoms with Gasteiger partial charge in [0.15, 0.2) is 0 Å². The molecule has 1 atom stereocenters. The first-order valence-electron chi connectivity index (χ1n) is 3.83. The van der Waals surface area contributed by atoms with Gasteiger partial charge in [0.2, 0.25) is 0 Å². The van der Waals surface area contributed by atoms with Crippen LogP contribution in [0, 0.1) is 5.92 Å². The van der Waals surface area contributed by atoms with Crippen molar-refractivity contribution in [2.45, 2.75) is 26.3 Å². The fraction of sp³-hybridized carbons (Fsp3) is 0.556. The third-order valence-electron chi connectivity index (χ3n) is 1.86.